The summed E-state index contributed by atoms with van der Waals surface area (Å²) in [6.45, 7) is 2.43. The van der Waals surface area contributed by atoms with Crippen LogP contribution in [-0.2, 0) is 33.1 Å². The van der Waals surface area contributed by atoms with Crippen molar-refractivity contribution in [3.63, 3.8) is 0 Å². The molecule has 0 spiro atoms. The van der Waals surface area contributed by atoms with Gasteiger partial charge in [0.05, 0.1) is 35.2 Å². The summed E-state index contributed by atoms with van der Waals surface area (Å²) in [7, 11) is 0. The predicted molar refractivity (Wildman–Crippen MR) is 117 cm³/mol. The van der Waals surface area contributed by atoms with Gasteiger partial charge in [-0.25, -0.2) is 9.78 Å². The van der Waals surface area contributed by atoms with Crippen LogP contribution < -0.4 is 11.3 Å². The molecule has 1 aromatic carbocycles. The first-order valence-electron chi connectivity index (χ1n) is 10.4. The first-order valence-corrected chi connectivity index (χ1v) is 10.4. The van der Waals surface area contributed by atoms with Gasteiger partial charge in [0.2, 0.25) is 0 Å². The molecule has 3 aromatic rings. The third-order valence-corrected chi connectivity index (χ3v) is 6.10. The van der Waals surface area contributed by atoms with E-state index in [2.05, 4.69) is 5.16 Å². The molecule has 9 heteroatoms. The van der Waals surface area contributed by atoms with Crippen LogP contribution in [0.5, 0.6) is 0 Å². The Labute approximate surface area is 183 Å². The molecular weight excluding hydrogens is 412 g/mol. The lowest BCUT2D eigenvalue weighted by atomic mass is 9.86. The molecule has 164 valence electrons. The molecule has 0 aliphatic carbocycles. The van der Waals surface area contributed by atoms with Gasteiger partial charge in [-0.2, -0.15) is 0 Å². The monoisotopic (exact) mass is 434 g/mol. The number of nitrogens with zero attached hydrogens (tertiary/aromatic N) is 3. The van der Waals surface area contributed by atoms with Crippen molar-refractivity contribution >= 4 is 23.1 Å². The second-order valence-electron chi connectivity index (χ2n) is 7.83. The van der Waals surface area contributed by atoms with Crippen LogP contribution in [0, 0.1) is 0 Å². The summed E-state index contributed by atoms with van der Waals surface area (Å²) < 4.78 is 6.73. The molecule has 4 heterocycles. The van der Waals surface area contributed by atoms with E-state index in [-0.39, 0.29) is 42.9 Å². The Morgan fingerprint density at radius 1 is 1.34 bits per heavy atom. The molecule has 1 atom stereocenters. The zero-order valence-corrected chi connectivity index (χ0v) is 17.5. The van der Waals surface area contributed by atoms with Crippen LogP contribution >= 0.6 is 0 Å². The van der Waals surface area contributed by atoms with E-state index in [4.69, 9.17) is 20.3 Å². The number of cyclic esters (lactones) is 1. The molecule has 0 amide bonds. The lowest BCUT2D eigenvalue weighted by molar-refractivity contribution is -0.172. The maximum Gasteiger partial charge on any atom is 0.343 e. The number of esters is 1. The molecule has 0 unspecified atom stereocenters. The van der Waals surface area contributed by atoms with Crippen molar-refractivity contribution in [2.45, 2.75) is 32.1 Å². The minimum atomic E-state index is -1.86. The van der Waals surface area contributed by atoms with E-state index in [0.29, 0.717) is 17.9 Å². The lowest BCUT2D eigenvalue weighted by Crippen LogP contribution is -2.44. The van der Waals surface area contributed by atoms with Crippen LogP contribution in [0.3, 0.4) is 0 Å². The largest absolute Gasteiger partial charge is 0.458 e. The van der Waals surface area contributed by atoms with E-state index in [0.717, 1.165) is 22.0 Å². The number of ether oxygens (including phenoxy) is 1. The molecule has 2 aliphatic rings. The van der Waals surface area contributed by atoms with Crippen molar-refractivity contribution in [2.75, 3.05) is 13.2 Å². The second kappa shape index (κ2) is 7.54. The zero-order chi connectivity index (χ0) is 22.5. The molecule has 5 rings (SSSR count). The number of carbonyl (C=O) groups excluding carboxylic acids is 1. The number of carbonyl (C=O) groups is 1. The highest BCUT2D eigenvalue weighted by molar-refractivity contribution is 6.02. The van der Waals surface area contributed by atoms with E-state index in [1.54, 1.807) is 23.8 Å². The number of hydrogen-bond acceptors (Lipinski definition) is 8. The Morgan fingerprint density at radius 3 is 2.94 bits per heavy atom. The van der Waals surface area contributed by atoms with Crippen LogP contribution in [0.4, 0.5) is 0 Å². The number of nitrogens with two attached hydrogens (primary N) is 1. The normalized spacial score (nSPS) is 19.0. The quantitative estimate of drug-likeness (QED) is 0.210. The minimum absolute atomic E-state index is 0.0934. The van der Waals surface area contributed by atoms with Crippen molar-refractivity contribution in [1.82, 2.24) is 9.55 Å². The molecule has 9 nitrogen and oxygen atoms in total. The van der Waals surface area contributed by atoms with E-state index in [1.807, 2.05) is 24.3 Å². The molecule has 0 saturated heterocycles. The fraction of sp³-hybridized carbons (Fsp3) is 0.304. The molecule has 2 aromatic heterocycles. The first-order chi connectivity index (χ1) is 15.5. The van der Waals surface area contributed by atoms with Gasteiger partial charge in [0, 0.05) is 28.6 Å². The summed E-state index contributed by atoms with van der Waals surface area (Å²) >= 11 is 0. The maximum atomic E-state index is 13.3. The van der Waals surface area contributed by atoms with Gasteiger partial charge in [0.15, 0.2) is 5.60 Å². The number of rotatable bonds is 5. The molecule has 2 aliphatic heterocycles. The summed E-state index contributed by atoms with van der Waals surface area (Å²) in [6, 6.07) is 9.30. The Balaban J connectivity index is 1.75. The van der Waals surface area contributed by atoms with Gasteiger partial charge >= 0.3 is 5.97 Å². The summed E-state index contributed by atoms with van der Waals surface area (Å²) in [4.78, 5) is 35.7. The topological polar surface area (TPSA) is 129 Å². The number of para-hydroxylation sites is 1. The van der Waals surface area contributed by atoms with E-state index < -0.39 is 11.6 Å². The average Bonchev–Trinajstić information content (AvgIpc) is 3.17. The van der Waals surface area contributed by atoms with Crippen LogP contribution in [0.2, 0.25) is 0 Å². The second-order valence-corrected chi connectivity index (χ2v) is 7.83. The molecule has 32 heavy (non-hydrogen) atoms. The number of fused-ring (bicyclic) bond motifs is 5. The number of pyridine rings is 2. The number of benzene rings is 1. The summed E-state index contributed by atoms with van der Waals surface area (Å²) in [6.07, 6.45) is 1.71. The highest BCUT2D eigenvalue weighted by atomic mass is 16.6. The van der Waals surface area contributed by atoms with Gasteiger partial charge in [-0.3, -0.25) is 4.79 Å². The van der Waals surface area contributed by atoms with Crippen LogP contribution in [0.25, 0.3) is 22.3 Å². The van der Waals surface area contributed by atoms with Gasteiger partial charge in [-0.05, 0) is 18.6 Å². The van der Waals surface area contributed by atoms with Crippen molar-refractivity contribution in [3.8, 4) is 11.4 Å². The standard InChI is InChI=1S/C23H22N4O5/c1-2-23(30)17-9-19-20-15(11-27(19)21(28)16(17)12-31-22(23)29)14(10-25-32-8-7-24)13-5-3-4-6-18(13)26-20/h3-6,9-10,30H,2,7-8,11-12,24H2,1H3/t23-/m0/s1. The van der Waals surface area contributed by atoms with E-state index in [9.17, 15) is 14.7 Å². The summed E-state index contributed by atoms with van der Waals surface area (Å²) in [5.41, 5.74) is 7.38. The molecule has 0 fully saturated rings. The van der Waals surface area contributed by atoms with Crippen LogP contribution in [0.15, 0.2) is 40.3 Å². The fourth-order valence-electron chi connectivity index (χ4n) is 4.40. The molecule has 0 saturated carbocycles. The Hall–Kier alpha value is -3.56. The van der Waals surface area contributed by atoms with Crippen molar-refractivity contribution in [1.29, 1.82) is 0 Å². The predicted octanol–water partition coefficient (Wildman–Crippen LogP) is 1.39. The SMILES string of the molecule is CC[C@@]1(O)C(=O)OCc2c1cc1n(c2=O)Cc2c-1nc1ccccc1c2C=NOCCN. The van der Waals surface area contributed by atoms with Crippen molar-refractivity contribution in [3.05, 3.63) is 62.9 Å². The Bertz CT molecular complexity index is 1350. The third kappa shape index (κ3) is 2.85. The Kier molecular flexibility index (Phi) is 4.79. The van der Waals surface area contributed by atoms with E-state index >= 15 is 0 Å². The lowest BCUT2D eigenvalue weighted by Gasteiger charge is -2.31. The highest BCUT2D eigenvalue weighted by Gasteiger charge is 2.45. The van der Waals surface area contributed by atoms with Gasteiger partial charge in [0.1, 0.15) is 13.2 Å². The van der Waals surface area contributed by atoms with E-state index in [1.165, 1.54) is 0 Å². The summed E-state index contributed by atoms with van der Waals surface area (Å²) in [5.74, 6) is -0.744. The molecular formula is C23H22N4O5. The van der Waals surface area contributed by atoms with Gasteiger partial charge in [-0.1, -0.05) is 30.3 Å². The Morgan fingerprint density at radius 2 is 2.16 bits per heavy atom. The highest BCUT2D eigenvalue weighted by Crippen LogP contribution is 2.39. The molecule has 3 N–H and O–H groups in total. The third-order valence-electron chi connectivity index (χ3n) is 6.10. The number of aliphatic hydroxyl groups is 1. The molecule has 0 radical (unpaired) electrons. The van der Waals surface area contributed by atoms with Gasteiger partial charge in [-0.15, -0.1) is 0 Å². The minimum Gasteiger partial charge on any atom is -0.458 e. The van der Waals surface area contributed by atoms with Crippen LogP contribution in [0.1, 0.15) is 35.6 Å². The van der Waals surface area contributed by atoms with Gasteiger partial charge < -0.3 is 25.0 Å². The maximum absolute atomic E-state index is 13.3. The summed E-state index contributed by atoms with van der Waals surface area (Å²) in [5, 5.41) is 15.9. The number of hydrogen-bond donors (Lipinski definition) is 2. The molecule has 0 bridgehead atoms. The zero-order valence-electron chi connectivity index (χ0n) is 17.5. The van der Waals surface area contributed by atoms with Crippen molar-refractivity contribution in [2.24, 2.45) is 10.9 Å². The van der Waals surface area contributed by atoms with Crippen LogP contribution in [-0.4, -0.2) is 40.0 Å². The smallest absolute Gasteiger partial charge is 0.343 e. The van der Waals surface area contributed by atoms with Crippen molar-refractivity contribution < 1.29 is 19.5 Å². The number of oxime groups is 1. The number of aromatic nitrogens is 2. The average molecular weight is 434 g/mol. The van der Waals surface area contributed by atoms with Gasteiger partial charge in [0.25, 0.3) is 5.56 Å². The first kappa shape index (κ1) is 20.3. The fourth-order valence-corrected chi connectivity index (χ4v) is 4.40.